The van der Waals surface area contributed by atoms with Gasteiger partial charge in [0.05, 0.1) is 11.9 Å². The van der Waals surface area contributed by atoms with Gasteiger partial charge in [-0.15, -0.1) is 0 Å². The van der Waals surface area contributed by atoms with Gasteiger partial charge in [0.25, 0.3) is 0 Å². The Morgan fingerprint density at radius 3 is 2.25 bits per heavy atom. The smallest absolute Gasteiger partial charge is 0.244 e. The number of rotatable bonds is 10. The van der Waals surface area contributed by atoms with Crippen LogP contribution in [-0.2, 0) is 26.0 Å². The summed E-state index contributed by atoms with van der Waals surface area (Å²) in [5, 5.41) is 2.74. The Morgan fingerprint density at radius 1 is 1.03 bits per heavy atom. The quantitative estimate of drug-likeness (QED) is 0.592. The molecule has 0 fully saturated rings. The number of amides is 2. The number of aryl methyl sites for hydroxylation is 2. The fourth-order valence-corrected chi connectivity index (χ4v) is 4.23. The highest BCUT2D eigenvalue weighted by Gasteiger charge is 2.29. The predicted octanol–water partition coefficient (Wildman–Crippen LogP) is 2.67. The van der Waals surface area contributed by atoms with Crippen molar-refractivity contribution in [2.75, 3.05) is 30.2 Å². The van der Waals surface area contributed by atoms with Crippen molar-refractivity contribution >= 4 is 27.5 Å². The maximum absolute atomic E-state index is 13.3. The number of anilines is 1. The highest BCUT2D eigenvalue weighted by Crippen LogP contribution is 2.22. The normalized spacial score (nSPS) is 12.2. The molecule has 2 amide bonds. The maximum atomic E-state index is 13.3. The topological polar surface area (TPSA) is 86.8 Å². The van der Waals surface area contributed by atoms with Crippen molar-refractivity contribution in [2.24, 2.45) is 0 Å². The average molecular weight is 460 g/mol. The summed E-state index contributed by atoms with van der Waals surface area (Å²) in [6, 6.07) is 14.2. The molecule has 0 aliphatic rings. The molecule has 0 spiro atoms. The van der Waals surface area contributed by atoms with E-state index in [0.29, 0.717) is 25.2 Å². The van der Waals surface area contributed by atoms with Gasteiger partial charge in [-0.25, -0.2) is 8.42 Å². The Labute approximate surface area is 191 Å². The molecular weight excluding hydrogens is 426 g/mol. The Hall–Kier alpha value is -2.87. The number of nitrogens with one attached hydrogen (secondary N) is 1. The molecule has 32 heavy (non-hydrogen) atoms. The summed E-state index contributed by atoms with van der Waals surface area (Å²) in [7, 11) is -3.71. The number of nitrogens with zero attached hydrogens (tertiary/aromatic N) is 2. The van der Waals surface area contributed by atoms with Gasteiger partial charge in [0, 0.05) is 13.1 Å². The summed E-state index contributed by atoms with van der Waals surface area (Å²) in [5.41, 5.74) is 3.42. The van der Waals surface area contributed by atoms with Gasteiger partial charge < -0.3 is 10.2 Å². The van der Waals surface area contributed by atoms with E-state index in [1.165, 1.54) is 4.90 Å². The zero-order chi connectivity index (χ0) is 23.9. The molecule has 0 saturated heterocycles. The lowest BCUT2D eigenvalue weighted by atomic mass is 10.1. The van der Waals surface area contributed by atoms with Crippen LogP contribution in [0.25, 0.3) is 0 Å². The SMILES string of the molecule is CCNC(=O)C(C)N(CCc1ccccc1)C(=O)CN(c1ccc(C)c(C)c1)S(C)(=O)=O. The van der Waals surface area contributed by atoms with Crippen LogP contribution < -0.4 is 9.62 Å². The van der Waals surface area contributed by atoms with Crippen LogP contribution >= 0.6 is 0 Å². The highest BCUT2D eigenvalue weighted by atomic mass is 32.2. The minimum absolute atomic E-state index is 0.272. The lowest BCUT2D eigenvalue weighted by Gasteiger charge is -2.31. The van der Waals surface area contributed by atoms with Gasteiger partial charge in [-0.3, -0.25) is 13.9 Å². The third-order valence-electron chi connectivity index (χ3n) is 5.46. The first-order valence-corrected chi connectivity index (χ1v) is 12.6. The zero-order valence-electron chi connectivity index (χ0n) is 19.5. The number of benzene rings is 2. The minimum atomic E-state index is -3.71. The van der Waals surface area contributed by atoms with Crippen LogP contribution in [0.15, 0.2) is 48.5 Å². The van der Waals surface area contributed by atoms with Crippen LogP contribution in [0.4, 0.5) is 5.69 Å². The van der Waals surface area contributed by atoms with Gasteiger partial charge >= 0.3 is 0 Å². The van der Waals surface area contributed by atoms with E-state index < -0.39 is 22.0 Å². The van der Waals surface area contributed by atoms with Crippen molar-refractivity contribution in [3.05, 3.63) is 65.2 Å². The second kappa shape index (κ2) is 11.1. The van der Waals surface area contributed by atoms with E-state index >= 15 is 0 Å². The van der Waals surface area contributed by atoms with Crippen LogP contribution in [0.5, 0.6) is 0 Å². The summed E-state index contributed by atoms with van der Waals surface area (Å²) in [6.07, 6.45) is 1.63. The molecule has 0 radical (unpaired) electrons. The summed E-state index contributed by atoms with van der Waals surface area (Å²) >= 11 is 0. The molecule has 2 rings (SSSR count). The summed E-state index contributed by atoms with van der Waals surface area (Å²) in [6.45, 7) is 7.67. The maximum Gasteiger partial charge on any atom is 0.244 e. The van der Waals surface area contributed by atoms with Crippen molar-refractivity contribution in [2.45, 2.75) is 40.2 Å². The molecule has 0 aliphatic heterocycles. The number of likely N-dealkylation sites (N-methyl/N-ethyl adjacent to an activating group) is 1. The van der Waals surface area contributed by atoms with E-state index in [0.717, 1.165) is 27.3 Å². The molecule has 0 bridgehead atoms. The van der Waals surface area contributed by atoms with Crippen LogP contribution in [0.2, 0.25) is 0 Å². The molecule has 0 aromatic heterocycles. The van der Waals surface area contributed by atoms with Gasteiger partial charge in [0.15, 0.2) is 0 Å². The third kappa shape index (κ3) is 6.82. The monoisotopic (exact) mass is 459 g/mol. The van der Waals surface area contributed by atoms with Crippen LogP contribution in [0, 0.1) is 13.8 Å². The van der Waals surface area contributed by atoms with E-state index in [-0.39, 0.29) is 12.5 Å². The standard InChI is InChI=1S/C24H33N3O4S/c1-6-25-24(29)20(4)26(15-14-21-10-8-7-9-11-21)23(28)17-27(32(5,30)31)22-13-12-18(2)19(3)16-22/h7-13,16,20H,6,14-15,17H2,1-5H3,(H,25,29). The Kier molecular flexibility index (Phi) is 8.83. The fraction of sp³-hybridized carbons (Fsp3) is 0.417. The fourth-order valence-electron chi connectivity index (χ4n) is 3.39. The second-order valence-corrected chi connectivity index (χ2v) is 9.84. The molecule has 0 aliphatic carbocycles. The number of hydrogen-bond acceptors (Lipinski definition) is 4. The molecule has 2 aromatic rings. The van der Waals surface area contributed by atoms with Gasteiger partial charge in [-0.05, 0) is 62.9 Å². The minimum Gasteiger partial charge on any atom is -0.355 e. The van der Waals surface area contributed by atoms with E-state index in [1.807, 2.05) is 57.2 Å². The summed E-state index contributed by atoms with van der Waals surface area (Å²) in [4.78, 5) is 27.3. The molecule has 8 heteroatoms. The number of sulfonamides is 1. The number of carbonyl (C=O) groups is 2. The van der Waals surface area contributed by atoms with Crippen molar-refractivity contribution in [3.63, 3.8) is 0 Å². The summed E-state index contributed by atoms with van der Waals surface area (Å²) in [5.74, 6) is -0.700. The first-order valence-electron chi connectivity index (χ1n) is 10.7. The average Bonchev–Trinajstić information content (AvgIpc) is 2.74. The molecule has 7 nitrogen and oxygen atoms in total. The zero-order valence-corrected chi connectivity index (χ0v) is 20.3. The van der Waals surface area contributed by atoms with Crippen molar-refractivity contribution in [1.82, 2.24) is 10.2 Å². The molecule has 0 heterocycles. The van der Waals surface area contributed by atoms with Gasteiger partial charge in [-0.2, -0.15) is 0 Å². The van der Waals surface area contributed by atoms with Gasteiger partial charge in [0.1, 0.15) is 12.6 Å². The Balaban J connectivity index is 2.31. The van der Waals surface area contributed by atoms with Crippen LogP contribution in [0.3, 0.4) is 0 Å². The highest BCUT2D eigenvalue weighted by molar-refractivity contribution is 7.92. The van der Waals surface area contributed by atoms with E-state index in [2.05, 4.69) is 5.32 Å². The van der Waals surface area contributed by atoms with Crippen LogP contribution in [0.1, 0.15) is 30.5 Å². The molecule has 1 unspecified atom stereocenters. The Morgan fingerprint density at radius 2 is 1.69 bits per heavy atom. The molecule has 174 valence electrons. The first kappa shape index (κ1) is 25.4. The van der Waals surface area contributed by atoms with Crippen molar-refractivity contribution in [1.29, 1.82) is 0 Å². The van der Waals surface area contributed by atoms with Gasteiger partial charge in [-0.1, -0.05) is 36.4 Å². The van der Waals surface area contributed by atoms with Gasteiger partial charge in [0.2, 0.25) is 21.8 Å². The van der Waals surface area contributed by atoms with E-state index in [9.17, 15) is 18.0 Å². The first-order chi connectivity index (χ1) is 15.0. The lowest BCUT2D eigenvalue weighted by molar-refractivity contribution is -0.138. The second-order valence-electron chi connectivity index (χ2n) is 7.93. The number of hydrogen-bond donors (Lipinski definition) is 1. The predicted molar refractivity (Wildman–Crippen MR) is 128 cm³/mol. The van der Waals surface area contributed by atoms with E-state index in [1.54, 1.807) is 19.1 Å². The molecular formula is C24H33N3O4S. The van der Waals surface area contributed by atoms with Crippen LogP contribution in [-0.4, -0.2) is 57.1 Å². The largest absolute Gasteiger partial charge is 0.355 e. The Bertz CT molecular complexity index is 1040. The molecule has 0 saturated carbocycles. The third-order valence-corrected chi connectivity index (χ3v) is 6.60. The molecule has 1 atom stereocenters. The summed E-state index contributed by atoms with van der Waals surface area (Å²) < 4.78 is 26.2. The lowest BCUT2D eigenvalue weighted by Crippen LogP contribution is -2.52. The van der Waals surface area contributed by atoms with Crippen molar-refractivity contribution < 1.29 is 18.0 Å². The van der Waals surface area contributed by atoms with E-state index in [4.69, 9.17) is 0 Å². The molecule has 2 aromatic carbocycles. The number of carbonyl (C=O) groups excluding carboxylic acids is 2. The van der Waals surface area contributed by atoms with Crippen molar-refractivity contribution in [3.8, 4) is 0 Å². The molecule has 1 N–H and O–H groups in total.